The molecule has 0 aliphatic carbocycles. The van der Waals surface area contributed by atoms with Crippen LogP contribution in [0.3, 0.4) is 0 Å². The van der Waals surface area contributed by atoms with Crippen LogP contribution in [0.25, 0.3) is 0 Å². The molecule has 0 saturated heterocycles. The highest BCUT2D eigenvalue weighted by Gasteiger charge is 2.25. The van der Waals surface area contributed by atoms with Crippen molar-refractivity contribution < 1.29 is 0 Å². The number of rotatable bonds is 5. The van der Waals surface area contributed by atoms with Gasteiger partial charge in [-0.25, -0.2) is 0 Å². The predicted octanol–water partition coefficient (Wildman–Crippen LogP) is 5.04. The lowest BCUT2D eigenvalue weighted by Gasteiger charge is -2.21. The molecule has 0 radical (unpaired) electrons. The van der Waals surface area contributed by atoms with Crippen LogP contribution < -0.4 is 0 Å². The molecular formula is C12H12Cl2S2. The molecular weight excluding hydrogens is 279 g/mol. The highest BCUT2D eigenvalue weighted by Crippen LogP contribution is 2.38. The van der Waals surface area contributed by atoms with Gasteiger partial charge in [-0.3, -0.25) is 0 Å². The molecule has 0 fully saturated rings. The molecule has 2 aromatic rings. The first-order valence-electron chi connectivity index (χ1n) is 5.05. The summed E-state index contributed by atoms with van der Waals surface area (Å²) in [6.07, 6.45) is 0. The lowest BCUT2D eigenvalue weighted by Crippen LogP contribution is -2.15. The van der Waals surface area contributed by atoms with Crippen LogP contribution >= 0.6 is 45.9 Å². The maximum atomic E-state index is 6.02. The van der Waals surface area contributed by atoms with E-state index in [0.29, 0.717) is 23.6 Å². The lowest BCUT2D eigenvalue weighted by molar-refractivity contribution is 0.591. The molecule has 0 aliphatic rings. The first kappa shape index (κ1) is 12.4. The molecule has 86 valence electrons. The molecule has 2 rings (SSSR count). The molecule has 0 unspecified atom stereocenters. The van der Waals surface area contributed by atoms with E-state index in [1.807, 2.05) is 0 Å². The smallest absolute Gasteiger partial charge is 0.0328 e. The van der Waals surface area contributed by atoms with Crippen molar-refractivity contribution in [3.8, 4) is 0 Å². The van der Waals surface area contributed by atoms with Gasteiger partial charge in [0.1, 0.15) is 0 Å². The Morgan fingerprint density at radius 1 is 0.938 bits per heavy atom. The van der Waals surface area contributed by atoms with Gasteiger partial charge in [-0.05, 0) is 28.8 Å². The number of hydrogen-bond acceptors (Lipinski definition) is 2. The van der Waals surface area contributed by atoms with Gasteiger partial charge in [0.25, 0.3) is 0 Å². The monoisotopic (exact) mass is 290 g/mol. The standard InChI is InChI=1S/C12H12Cl2S2/c13-7-9(8-14)12(10-3-1-5-15-10)11-4-2-6-16-11/h1-6,9,12H,7-8H2. The quantitative estimate of drug-likeness (QED) is 0.677. The molecule has 0 saturated carbocycles. The van der Waals surface area contributed by atoms with Crippen LogP contribution in [0, 0.1) is 5.92 Å². The van der Waals surface area contributed by atoms with Crippen LogP contribution in [0.1, 0.15) is 15.7 Å². The molecule has 0 amide bonds. The molecule has 2 heterocycles. The van der Waals surface area contributed by atoms with E-state index in [1.54, 1.807) is 22.7 Å². The minimum Gasteiger partial charge on any atom is -0.148 e. The fourth-order valence-corrected chi connectivity index (χ4v) is 4.40. The van der Waals surface area contributed by atoms with Crippen LogP contribution in [-0.2, 0) is 0 Å². The summed E-state index contributed by atoms with van der Waals surface area (Å²) in [6, 6.07) is 8.50. The Hall–Kier alpha value is -0.0200. The van der Waals surface area contributed by atoms with Crippen molar-refractivity contribution in [1.29, 1.82) is 0 Å². The number of hydrogen-bond donors (Lipinski definition) is 0. The Kier molecular flexibility index (Phi) is 4.71. The Morgan fingerprint density at radius 2 is 1.44 bits per heavy atom. The van der Waals surface area contributed by atoms with Gasteiger partial charge in [0.2, 0.25) is 0 Å². The highest BCUT2D eigenvalue weighted by molar-refractivity contribution is 7.11. The molecule has 2 aromatic heterocycles. The van der Waals surface area contributed by atoms with Crippen LogP contribution in [0.4, 0.5) is 0 Å². The summed E-state index contributed by atoms with van der Waals surface area (Å²) in [4.78, 5) is 2.71. The van der Waals surface area contributed by atoms with E-state index in [0.717, 1.165) is 0 Å². The highest BCUT2D eigenvalue weighted by atomic mass is 35.5. The molecule has 0 spiro atoms. The summed E-state index contributed by atoms with van der Waals surface area (Å²) in [7, 11) is 0. The van der Waals surface area contributed by atoms with Crippen molar-refractivity contribution in [2.24, 2.45) is 5.92 Å². The normalized spacial score (nSPS) is 11.5. The van der Waals surface area contributed by atoms with E-state index >= 15 is 0 Å². The van der Waals surface area contributed by atoms with Gasteiger partial charge in [-0.15, -0.1) is 45.9 Å². The maximum Gasteiger partial charge on any atom is 0.0328 e. The molecule has 0 N–H and O–H groups in total. The van der Waals surface area contributed by atoms with Crippen LogP contribution in [0.5, 0.6) is 0 Å². The molecule has 0 nitrogen and oxygen atoms in total. The SMILES string of the molecule is ClCC(CCl)C(c1cccs1)c1cccs1. The van der Waals surface area contributed by atoms with Crippen LogP contribution in [0.15, 0.2) is 35.0 Å². The van der Waals surface area contributed by atoms with Crippen LogP contribution in [0.2, 0.25) is 0 Å². The van der Waals surface area contributed by atoms with E-state index in [2.05, 4.69) is 35.0 Å². The molecule has 0 aliphatic heterocycles. The minimum absolute atomic E-state index is 0.306. The van der Waals surface area contributed by atoms with Gasteiger partial charge >= 0.3 is 0 Å². The summed E-state index contributed by atoms with van der Waals surface area (Å²) in [6.45, 7) is 0. The zero-order valence-electron chi connectivity index (χ0n) is 8.61. The van der Waals surface area contributed by atoms with E-state index in [1.165, 1.54) is 9.75 Å². The Labute approximate surface area is 114 Å². The summed E-state index contributed by atoms with van der Waals surface area (Å²) < 4.78 is 0. The number of thiophene rings is 2. The largest absolute Gasteiger partial charge is 0.148 e. The van der Waals surface area contributed by atoms with Crippen molar-refractivity contribution >= 4 is 45.9 Å². The lowest BCUT2D eigenvalue weighted by atomic mass is 9.92. The molecule has 0 aromatic carbocycles. The molecule has 16 heavy (non-hydrogen) atoms. The second kappa shape index (κ2) is 6.06. The average Bonchev–Trinajstić information content (AvgIpc) is 2.98. The molecule has 4 heteroatoms. The summed E-state index contributed by atoms with van der Waals surface area (Å²) >= 11 is 15.6. The zero-order valence-corrected chi connectivity index (χ0v) is 11.8. The number of alkyl halides is 2. The molecule has 0 bridgehead atoms. The maximum absolute atomic E-state index is 6.02. The van der Waals surface area contributed by atoms with E-state index < -0.39 is 0 Å². The first-order valence-corrected chi connectivity index (χ1v) is 7.88. The third-order valence-corrected chi connectivity index (χ3v) is 5.27. The van der Waals surface area contributed by atoms with Gasteiger partial charge in [0.05, 0.1) is 0 Å². The van der Waals surface area contributed by atoms with Crippen molar-refractivity contribution in [3.05, 3.63) is 44.8 Å². The second-order valence-electron chi connectivity index (χ2n) is 3.58. The topological polar surface area (TPSA) is 0 Å². The average molecular weight is 291 g/mol. The fourth-order valence-electron chi connectivity index (χ4n) is 1.76. The summed E-state index contributed by atoms with van der Waals surface area (Å²) in [5, 5.41) is 4.21. The third kappa shape index (κ3) is 2.62. The van der Waals surface area contributed by atoms with Crippen molar-refractivity contribution in [1.82, 2.24) is 0 Å². The minimum atomic E-state index is 0.306. The van der Waals surface area contributed by atoms with Crippen molar-refractivity contribution in [2.45, 2.75) is 5.92 Å². The zero-order chi connectivity index (χ0) is 11.4. The predicted molar refractivity (Wildman–Crippen MR) is 75.4 cm³/mol. The molecule has 0 atom stereocenters. The summed E-state index contributed by atoms with van der Waals surface area (Å²) in [5.74, 6) is 1.86. The Balaban J connectivity index is 2.34. The van der Waals surface area contributed by atoms with Gasteiger partial charge in [-0.1, -0.05) is 12.1 Å². The Bertz CT molecular complexity index is 356. The first-order chi connectivity index (χ1) is 7.86. The van der Waals surface area contributed by atoms with Crippen molar-refractivity contribution in [2.75, 3.05) is 11.8 Å². The van der Waals surface area contributed by atoms with Crippen molar-refractivity contribution in [3.63, 3.8) is 0 Å². The van der Waals surface area contributed by atoms with E-state index in [9.17, 15) is 0 Å². The van der Waals surface area contributed by atoms with Gasteiger partial charge in [0.15, 0.2) is 0 Å². The van der Waals surface area contributed by atoms with Gasteiger partial charge in [-0.2, -0.15) is 0 Å². The third-order valence-electron chi connectivity index (χ3n) is 2.57. The van der Waals surface area contributed by atoms with E-state index in [-0.39, 0.29) is 0 Å². The van der Waals surface area contributed by atoms with Crippen LogP contribution in [-0.4, -0.2) is 11.8 Å². The number of halogens is 2. The van der Waals surface area contributed by atoms with Gasteiger partial charge in [0, 0.05) is 27.4 Å². The summed E-state index contributed by atoms with van der Waals surface area (Å²) in [5.41, 5.74) is 0. The van der Waals surface area contributed by atoms with Gasteiger partial charge < -0.3 is 0 Å². The second-order valence-corrected chi connectivity index (χ2v) is 6.15. The van der Waals surface area contributed by atoms with E-state index in [4.69, 9.17) is 23.2 Å². The Morgan fingerprint density at radius 3 is 1.75 bits per heavy atom. The fraction of sp³-hybridized carbons (Fsp3) is 0.333.